The van der Waals surface area contributed by atoms with Gasteiger partial charge in [-0.2, -0.15) is 0 Å². The highest BCUT2D eigenvalue weighted by atomic mass is 35.5. The average Bonchev–Trinajstić information content (AvgIpc) is 2.43. The van der Waals surface area contributed by atoms with Crippen LogP contribution in [-0.4, -0.2) is 11.3 Å². The molecule has 0 heterocycles. The number of anilines is 1. The van der Waals surface area contributed by atoms with Crippen molar-refractivity contribution in [3.63, 3.8) is 0 Å². The molecule has 0 saturated heterocycles. The highest BCUT2D eigenvalue weighted by Crippen LogP contribution is 2.24. The van der Waals surface area contributed by atoms with Crippen LogP contribution in [0.2, 0.25) is 0 Å². The van der Waals surface area contributed by atoms with E-state index in [0.29, 0.717) is 0 Å². The van der Waals surface area contributed by atoms with Gasteiger partial charge < -0.3 is 5.32 Å². The van der Waals surface area contributed by atoms with Crippen LogP contribution in [0.1, 0.15) is 46.0 Å². The molecule has 3 heteroatoms. The zero-order valence-electron chi connectivity index (χ0n) is 11.9. The summed E-state index contributed by atoms with van der Waals surface area (Å²) in [6, 6.07) is 9.48. The molecule has 0 aliphatic rings. The van der Waals surface area contributed by atoms with Crippen molar-refractivity contribution >= 4 is 23.2 Å². The second kappa shape index (κ2) is 8.98. The van der Waals surface area contributed by atoms with Gasteiger partial charge >= 0.3 is 0 Å². The van der Waals surface area contributed by atoms with E-state index in [2.05, 4.69) is 19.2 Å². The molecule has 0 aliphatic carbocycles. The van der Waals surface area contributed by atoms with Gasteiger partial charge in [-0.15, -0.1) is 11.6 Å². The molecule has 2 atom stereocenters. The van der Waals surface area contributed by atoms with Gasteiger partial charge in [0.05, 0.1) is 0 Å². The molecule has 1 aromatic carbocycles. The van der Waals surface area contributed by atoms with E-state index in [0.717, 1.165) is 37.8 Å². The first kappa shape index (κ1) is 16.0. The number of carbonyl (C=O) groups excluding carboxylic acids is 1. The number of amides is 1. The molecule has 0 aromatic heterocycles. The number of alkyl halides is 1. The van der Waals surface area contributed by atoms with Crippen LogP contribution in [0.4, 0.5) is 5.69 Å². The molecule has 0 saturated carbocycles. The third-order valence-corrected chi connectivity index (χ3v) is 3.85. The Morgan fingerprint density at radius 1 is 1.16 bits per heavy atom. The lowest BCUT2D eigenvalue weighted by Gasteiger charge is -2.21. The first-order valence-corrected chi connectivity index (χ1v) is 7.62. The first-order valence-electron chi connectivity index (χ1n) is 7.19. The topological polar surface area (TPSA) is 29.1 Å². The molecule has 0 bridgehead atoms. The van der Waals surface area contributed by atoms with E-state index in [-0.39, 0.29) is 11.8 Å². The van der Waals surface area contributed by atoms with Gasteiger partial charge in [0.25, 0.3) is 0 Å². The number of nitrogens with one attached hydrogen (secondary N) is 1. The lowest BCUT2D eigenvalue weighted by atomic mass is 9.93. The summed E-state index contributed by atoms with van der Waals surface area (Å²) in [4.78, 5) is 12.1. The van der Waals surface area contributed by atoms with Gasteiger partial charge in [0.2, 0.25) is 5.91 Å². The Hall–Kier alpha value is -1.02. The van der Waals surface area contributed by atoms with Crippen molar-refractivity contribution in [3.8, 4) is 0 Å². The van der Waals surface area contributed by atoms with Gasteiger partial charge in [-0.25, -0.2) is 0 Å². The Morgan fingerprint density at radius 2 is 1.84 bits per heavy atom. The molecule has 1 aromatic rings. The van der Waals surface area contributed by atoms with E-state index in [4.69, 9.17) is 11.6 Å². The molecule has 0 spiro atoms. The summed E-state index contributed by atoms with van der Waals surface area (Å²) in [5.41, 5.74) is 0.809. The van der Waals surface area contributed by atoms with Crippen LogP contribution in [0.5, 0.6) is 0 Å². The number of unbranched alkanes of at least 4 members (excludes halogenated alkanes) is 1. The Labute approximate surface area is 121 Å². The van der Waals surface area contributed by atoms with E-state index < -0.39 is 5.38 Å². The molecular weight excluding hydrogens is 258 g/mol. The third kappa shape index (κ3) is 5.65. The van der Waals surface area contributed by atoms with E-state index in [1.165, 1.54) is 0 Å². The second-order valence-electron chi connectivity index (χ2n) is 4.95. The van der Waals surface area contributed by atoms with Gasteiger partial charge in [-0.3, -0.25) is 4.79 Å². The standard InChI is InChI=1S/C16H24ClNO/c1-3-5-10-13(9-4-2)15(17)16(19)18-14-11-7-6-8-12-14/h6-8,11-13,15H,3-5,9-10H2,1-2H3,(H,18,19). The third-order valence-electron chi connectivity index (χ3n) is 3.29. The van der Waals surface area contributed by atoms with Crippen molar-refractivity contribution in [3.05, 3.63) is 30.3 Å². The van der Waals surface area contributed by atoms with Crippen LogP contribution in [0, 0.1) is 5.92 Å². The number of para-hydroxylation sites is 1. The largest absolute Gasteiger partial charge is 0.325 e. The fraction of sp³-hybridized carbons (Fsp3) is 0.562. The molecular formula is C16H24ClNO. The number of benzene rings is 1. The normalized spacial score (nSPS) is 13.8. The number of carbonyl (C=O) groups is 1. The van der Waals surface area contributed by atoms with Gasteiger partial charge in [-0.05, 0) is 30.9 Å². The van der Waals surface area contributed by atoms with Crippen molar-refractivity contribution in [1.29, 1.82) is 0 Å². The Bertz CT molecular complexity index is 366. The SMILES string of the molecule is CCCCC(CCC)C(Cl)C(=O)Nc1ccccc1. The van der Waals surface area contributed by atoms with Gasteiger partial charge in [0, 0.05) is 5.69 Å². The smallest absolute Gasteiger partial charge is 0.242 e. The lowest BCUT2D eigenvalue weighted by Crippen LogP contribution is -2.30. The average molecular weight is 282 g/mol. The van der Waals surface area contributed by atoms with Crippen LogP contribution < -0.4 is 5.32 Å². The fourth-order valence-electron chi connectivity index (χ4n) is 2.22. The van der Waals surface area contributed by atoms with Gasteiger partial charge in [-0.1, -0.05) is 51.3 Å². The maximum Gasteiger partial charge on any atom is 0.242 e. The van der Waals surface area contributed by atoms with E-state index in [1.54, 1.807) is 0 Å². The number of hydrogen-bond donors (Lipinski definition) is 1. The minimum Gasteiger partial charge on any atom is -0.325 e. The van der Waals surface area contributed by atoms with Crippen LogP contribution in [0.15, 0.2) is 30.3 Å². The quantitative estimate of drug-likeness (QED) is 0.679. The number of halogens is 1. The van der Waals surface area contributed by atoms with Crippen molar-refractivity contribution < 1.29 is 4.79 Å². The predicted octanol–water partition coefficient (Wildman–Crippen LogP) is 4.84. The summed E-state index contributed by atoms with van der Waals surface area (Å²) >= 11 is 6.35. The summed E-state index contributed by atoms with van der Waals surface area (Å²) in [5.74, 6) is 0.192. The molecule has 19 heavy (non-hydrogen) atoms. The Balaban J connectivity index is 2.57. The highest BCUT2D eigenvalue weighted by molar-refractivity contribution is 6.32. The fourth-order valence-corrected chi connectivity index (χ4v) is 2.53. The summed E-state index contributed by atoms with van der Waals surface area (Å²) in [5, 5.41) is 2.45. The Morgan fingerprint density at radius 3 is 2.42 bits per heavy atom. The zero-order valence-corrected chi connectivity index (χ0v) is 12.6. The predicted molar refractivity (Wildman–Crippen MR) is 82.6 cm³/mol. The minimum absolute atomic E-state index is 0.0811. The van der Waals surface area contributed by atoms with Crippen molar-refractivity contribution in [2.75, 3.05) is 5.32 Å². The molecule has 0 radical (unpaired) electrons. The second-order valence-corrected chi connectivity index (χ2v) is 5.42. The number of hydrogen-bond acceptors (Lipinski definition) is 1. The molecule has 1 rings (SSSR count). The number of rotatable bonds is 8. The monoisotopic (exact) mass is 281 g/mol. The first-order chi connectivity index (χ1) is 9.19. The summed E-state index contributed by atoms with van der Waals surface area (Å²) in [7, 11) is 0. The van der Waals surface area contributed by atoms with E-state index in [9.17, 15) is 4.79 Å². The maximum atomic E-state index is 12.1. The maximum absolute atomic E-state index is 12.1. The molecule has 2 unspecified atom stereocenters. The van der Waals surface area contributed by atoms with Crippen LogP contribution in [0.3, 0.4) is 0 Å². The Kier molecular flexibility index (Phi) is 7.57. The van der Waals surface area contributed by atoms with E-state index in [1.807, 2.05) is 30.3 Å². The van der Waals surface area contributed by atoms with Crippen molar-refractivity contribution in [2.45, 2.75) is 51.3 Å². The highest BCUT2D eigenvalue weighted by Gasteiger charge is 2.25. The molecule has 0 aliphatic heterocycles. The zero-order chi connectivity index (χ0) is 14.1. The van der Waals surface area contributed by atoms with Gasteiger partial charge in [0.15, 0.2) is 0 Å². The minimum atomic E-state index is -0.438. The molecule has 1 amide bonds. The molecule has 2 nitrogen and oxygen atoms in total. The van der Waals surface area contributed by atoms with Crippen LogP contribution in [0.25, 0.3) is 0 Å². The summed E-state index contributed by atoms with van der Waals surface area (Å²) < 4.78 is 0. The van der Waals surface area contributed by atoms with E-state index >= 15 is 0 Å². The molecule has 106 valence electrons. The summed E-state index contributed by atoms with van der Waals surface area (Å²) in [6.07, 6.45) is 5.38. The van der Waals surface area contributed by atoms with Crippen LogP contribution >= 0.6 is 11.6 Å². The summed E-state index contributed by atoms with van der Waals surface area (Å²) in [6.45, 7) is 4.30. The molecule has 0 fully saturated rings. The lowest BCUT2D eigenvalue weighted by molar-refractivity contribution is -0.116. The van der Waals surface area contributed by atoms with Crippen LogP contribution in [-0.2, 0) is 4.79 Å². The van der Waals surface area contributed by atoms with Crippen molar-refractivity contribution in [1.82, 2.24) is 0 Å². The molecule has 1 N–H and O–H groups in total. The van der Waals surface area contributed by atoms with Gasteiger partial charge in [0.1, 0.15) is 5.38 Å². The van der Waals surface area contributed by atoms with Crippen molar-refractivity contribution in [2.24, 2.45) is 5.92 Å².